The van der Waals surface area contributed by atoms with Gasteiger partial charge in [-0.2, -0.15) is 0 Å². The highest BCUT2D eigenvalue weighted by molar-refractivity contribution is 5.98. The maximum Gasteiger partial charge on any atom is 0.313 e. The number of carbonyl (C=O) groups excluding carboxylic acids is 4. The summed E-state index contributed by atoms with van der Waals surface area (Å²) in [7, 11) is 0. The minimum atomic E-state index is -1.23. The molecule has 8 atom stereocenters. The Kier molecular flexibility index (Phi) is 10.0. The van der Waals surface area contributed by atoms with Gasteiger partial charge in [0.25, 0.3) is 0 Å². The van der Waals surface area contributed by atoms with Crippen LogP contribution in [0.4, 0.5) is 0 Å². The largest absolute Gasteiger partial charge is 0.455 e. The third kappa shape index (κ3) is 6.06. The molecule has 10 nitrogen and oxygen atoms in total. The molecule has 3 aliphatic rings. The monoisotopic (exact) mass is 609 g/mol. The van der Waals surface area contributed by atoms with Gasteiger partial charge in [-0.3, -0.25) is 19.2 Å². The van der Waals surface area contributed by atoms with Crippen molar-refractivity contribution >= 4 is 23.7 Å². The lowest BCUT2D eigenvalue weighted by atomic mass is 9.70. The van der Waals surface area contributed by atoms with Crippen LogP contribution in [0.5, 0.6) is 0 Å². The number of fused-ring (bicyclic) bond motifs is 1. The van der Waals surface area contributed by atoms with Crippen LogP contribution in [0.1, 0.15) is 72.0 Å². The fraction of sp³-hybridized carbons (Fsp3) is 0.588. The van der Waals surface area contributed by atoms with E-state index in [1.54, 1.807) is 30.9 Å². The predicted octanol–water partition coefficient (Wildman–Crippen LogP) is 3.31. The number of likely N-dealkylation sites (tertiary alicyclic amines) is 1. The van der Waals surface area contributed by atoms with Crippen LogP contribution in [0.15, 0.2) is 55.6 Å². The molecular weight excluding hydrogens is 562 g/mol. The Morgan fingerprint density at radius 1 is 1.20 bits per heavy atom. The average Bonchev–Trinajstić information content (AvgIpc) is 3.63. The third-order valence-corrected chi connectivity index (χ3v) is 9.16. The van der Waals surface area contributed by atoms with Gasteiger partial charge in [0.2, 0.25) is 17.7 Å². The number of esters is 1. The van der Waals surface area contributed by atoms with Crippen LogP contribution in [-0.2, 0) is 28.7 Å². The van der Waals surface area contributed by atoms with Crippen molar-refractivity contribution in [3.63, 3.8) is 0 Å². The summed E-state index contributed by atoms with van der Waals surface area (Å²) < 4.78 is 12.7. The summed E-state index contributed by atoms with van der Waals surface area (Å²) in [5.41, 5.74) is -1.12. The van der Waals surface area contributed by atoms with Crippen molar-refractivity contribution in [1.29, 1.82) is 0 Å². The van der Waals surface area contributed by atoms with Gasteiger partial charge >= 0.3 is 5.97 Å². The number of amides is 3. The Bertz CT molecular complexity index is 1260. The molecule has 2 bridgehead atoms. The molecule has 3 fully saturated rings. The van der Waals surface area contributed by atoms with Crippen LogP contribution < -0.4 is 5.32 Å². The van der Waals surface area contributed by atoms with Crippen molar-refractivity contribution in [3.05, 3.63) is 61.2 Å². The lowest BCUT2D eigenvalue weighted by Gasteiger charge is -2.43. The highest BCUT2D eigenvalue weighted by Gasteiger charge is 2.75. The van der Waals surface area contributed by atoms with E-state index in [1.165, 1.54) is 4.90 Å². The van der Waals surface area contributed by atoms with Crippen LogP contribution >= 0.6 is 0 Å². The van der Waals surface area contributed by atoms with Crippen molar-refractivity contribution in [2.24, 2.45) is 11.8 Å². The van der Waals surface area contributed by atoms with Crippen molar-refractivity contribution in [2.45, 2.75) is 102 Å². The fourth-order valence-electron chi connectivity index (χ4n) is 7.11. The number of carbonyl (C=O) groups is 4. The van der Waals surface area contributed by atoms with Crippen molar-refractivity contribution in [2.75, 3.05) is 13.2 Å². The Labute approximate surface area is 260 Å². The van der Waals surface area contributed by atoms with E-state index in [0.29, 0.717) is 24.8 Å². The Hall–Kier alpha value is -3.50. The number of allylic oxidation sites excluding steroid dienone is 1. The first-order valence-electron chi connectivity index (χ1n) is 15.5. The summed E-state index contributed by atoms with van der Waals surface area (Å²) in [5, 5.41) is 13.1. The van der Waals surface area contributed by atoms with Gasteiger partial charge in [-0.05, 0) is 59.4 Å². The molecule has 0 radical (unpaired) electrons. The number of hydrogen-bond acceptors (Lipinski definition) is 7. The van der Waals surface area contributed by atoms with Crippen LogP contribution in [0, 0.1) is 11.8 Å². The molecule has 3 aliphatic heterocycles. The average molecular weight is 610 g/mol. The van der Waals surface area contributed by atoms with E-state index in [-0.39, 0.29) is 31.4 Å². The van der Waals surface area contributed by atoms with Crippen molar-refractivity contribution in [1.82, 2.24) is 15.1 Å². The number of nitrogens with zero attached hydrogens (tertiary/aromatic N) is 2. The Morgan fingerprint density at radius 3 is 2.48 bits per heavy atom. The van der Waals surface area contributed by atoms with Gasteiger partial charge in [0, 0.05) is 18.5 Å². The molecule has 1 aromatic rings. The van der Waals surface area contributed by atoms with Crippen LogP contribution in [-0.4, -0.2) is 87.1 Å². The first-order chi connectivity index (χ1) is 20.8. The quantitative estimate of drug-likeness (QED) is 0.260. The first-order valence-corrected chi connectivity index (χ1v) is 15.5. The molecular formula is C34H47N3O7. The number of aliphatic hydroxyl groups excluding tert-OH is 1. The molecule has 3 amide bonds. The van der Waals surface area contributed by atoms with Crippen LogP contribution in [0.3, 0.4) is 0 Å². The maximum atomic E-state index is 14.4. The molecule has 3 saturated heterocycles. The zero-order valence-electron chi connectivity index (χ0n) is 26.5. The van der Waals surface area contributed by atoms with Gasteiger partial charge in [-0.1, -0.05) is 42.5 Å². The second-order valence-corrected chi connectivity index (χ2v) is 13.2. The summed E-state index contributed by atoms with van der Waals surface area (Å²) in [5.74, 6) is -3.40. The molecule has 240 valence electrons. The van der Waals surface area contributed by atoms with Gasteiger partial charge in [-0.15, -0.1) is 13.2 Å². The molecule has 4 rings (SSSR count). The Balaban J connectivity index is 1.68. The van der Waals surface area contributed by atoms with E-state index in [0.717, 1.165) is 0 Å². The first kappa shape index (κ1) is 33.4. The van der Waals surface area contributed by atoms with E-state index in [1.807, 2.05) is 51.1 Å². The number of benzene rings is 1. The van der Waals surface area contributed by atoms with Gasteiger partial charge in [0.1, 0.15) is 17.7 Å². The lowest BCUT2D eigenvalue weighted by molar-refractivity contribution is -0.162. The topological polar surface area (TPSA) is 125 Å². The number of nitrogens with one attached hydrogen (secondary N) is 1. The SMILES string of the molecule is C=CCCC(=O)N[C@@H](C)[C@H](OC(=O)[C@@H]1[C@@H]2CC[C@]3(O2)[C@H](C(=O)N(CC=C)C(C)(C)C)N([C@H](C)CO)C(=O)[C@@H]13)c1ccccc1. The van der Waals surface area contributed by atoms with Gasteiger partial charge in [0.05, 0.1) is 36.6 Å². The normalized spacial score (nSPS) is 27.7. The van der Waals surface area contributed by atoms with Crippen molar-refractivity contribution < 1.29 is 33.8 Å². The zero-order chi connectivity index (χ0) is 32.4. The molecule has 1 aromatic carbocycles. The summed E-state index contributed by atoms with van der Waals surface area (Å²) in [6, 6.07) is 6.89. The molecule has 2 N–H and O–H groups in total. The fourth-order valence-corrected chi connectivity index (χ4v) is 7.11. The number of aliphatic hydroxyl groups is 1. The highest BCUT2D eigenvalue weighted by Crippen LogP contribution is 2.59. The molecule has 1 spiro atoms. The number of ether oxygens (including phenoxy) is 2. The van der Waals surface area contributed by atoms with Gasteiger partial charge in [0.15, 0.2) is 0 Å². The number of hydrogen-bond donors (Lipinski definition) is 2. The maximum absolute atomic E-state index is 14.4. The van der Waals surface area contributed by atoms with E-state index < -0.39 is 65.2 Å². The Morgan fingerprint density at radius 2 is 1.89 bits per heavy atom. The third-order valence-electron chi connectivity index (χ3n) is 9.16. The minimum absolute atomic E-state index is 0.194. The summed E-state index contributed by atoms with van der Waals surface area (Å²) in [4.78, 5) is 58.4. The van der Waals surface area contributed by atoms with Gasteiger partial charge < -0.3 is 29.7 Å². The lowest BCUT2D eigenvalue weighted by Crippen LogP contribution is -2.61. The van der Waals surface area contributed by atoms with E-state index >= 15 is 0 Å². The van der Waals surface area contributed by atoms with E-state index in [9.17, 15) is 24.3 Å². The van der Waals surface area contributed by atoms with Crippen molar-refractivity contribution in [3.8, 4) is 0 Å². The molecule has 0 unspecified atom stereocenters. The molecule has 0 saturated carbocycles. The number of rotatable bonds is 13. The van der Waals surface area contributed by atoms with E-state index in [2.05, 4.69) is 18.5 Å². The second kappa shape index (κ2) is 13.2. The highest BCUT2D eigenvalue weighted by atomic mass is 16.6. The standard InChI is InChI=1S/C34H47N3O7/c1-8-10-16-25(39)35-22(4)28(23-14-12-11-13-15-23)43-32(42)26-24-17-18-34(44-24)27(26)30(40)37(21(3)20-38)29(34)31(41)36(19-9-2)33(5,6)7/h8-9,11-15,21-22,24,26-29,38H,1-2,10,16-20H2,3-7H3,(H,35,39)/t21-,22+,24+,26-,27-,28+,29+,34-/m1/s1. The van der Waals surface area contributed by atoms with E-state index in [4.69, 9.17) is 9.47 Å². The second-order valence-electron chi connectivity index (χ2n) is 13.2. The minimum Gasteiger partial charge on any atom is -0.455 e. The van der Waals surface area contributed by atoms with Crippen LogP contribution in [0.2, 0.25) is 0 Å². The molecule has 44 heavy (non-hydrogen) atoms. The predicted molar refractivity (Wildman–Crippen MR) is 165 cm³/mol. The smallest absolute Gasteiger partial charge is 0.313 e. The molecule has 0 aliphatic carbocycles. The molecule has 0 aromatic heterocycles. The molecule has 10 heteroatoms. The van der Waals surface area contributed by atoms with Crippen LogP contribution in [0.25, 0.3) is 0 Å². The summed E-state index contributed by atoms with van der Waals surface area (Å²) >= 11 is 0. The molecule has 3 heterocycles. The van der Waals surface area contributed by atoms with Gasteiger partial charge in [-0.25, -0.2) is 0 Å². The summed E-state index contributed by atoms with van der Waals surface area (Å²) in [6.07, 6.45) is 3.56. The zero-order valence-corrected chi connectivity index (χ0v) is 26.5. The summed E-state index contributed by atoms with van der Waals surface area (Å²) in [6.45, 7) is 16.6.